The number of amides is 2. The Morgan fingerprint density at radius 3 is 2.50 bits per heavy atom. The second-order valence-electron chi connectivity index (χ2n) is 12.4. The predicted molar refractivity (Wildman–Crippen MR) is 177 cm³/mol. The van der Waals surface area contributed by atoms with E-state index >= 15 is 0 Å². The van der Waals surface area contributed by atoms with Crippen LogP contribution < -0.4 is 16.0 Å². The van der Waals surface area contributed by atoms with E-state index in [4.69, 9.17) is 21.3 Å². The number of rotatable bonds is 13. The first-order valence-corrected chi connectivity index (χ1v) is 16.4. The van der Waals surface area contributed by atoms with E-state index in [0.29, 0.717) is 49.7 Å². The van der Waals surface area contributed by atoms with Crippen molar-refractivity contribution in [2.45, 2.75) is 96.7 Å². The number of benzene rings is 2. The van der Waals surface area contributed by atoms with Crippen molar-refractivity contribution < 1.29 is 14.3 Å². The highest BCUT2D eigenvalue weighted by molar-refractivity contribution is 6.30. The van der Waals surface area contributed by atoms with Crippen molar-refractivity contribution in [2.24, 2.45) is 4.99 Å². The molecule has 2 aliphatic heterocycles. The van der Waals surface area contributed by atoms with Gasteiger partial charge in [0.2, 0.25) is 11.8 Å². The molecule has 2 aromatic rings. The minimum atomic E-state index is -0.702. The van der Waals surface area contributed by atoms with Gasteiger partial charge in [0.1, 0.15) is 12.1 Å². The number of amidine groups is 1. The van der Waals surface area contributed by atoms with Gasteiger partial charge in [0.15, 0.2) is 0 Å². The lowest BCUT2D eigenvalue weighted by Crippen LogP contribution is -2.64. The Kier molecular flexibility index (Phi) is 12.5. The van der Waals surface area contributed by atoms with Crippen LogP contribution in [0.15, 0.2) is 59.6 Å². The van der Waals surface area contributed by atoms with Crippen LogP contribution in [0.4, 0.5) is 0 Å². The maximum atomic E-state index is 14.1. The number of aliphatic imine (C=N–C) groups is 1. The van der Waals surface area contributed by atoms with Crippen molar-refractivity contribution in [1.29, 1.82) is 0 Å². The molecule has 0 aromatic heterocycles. The SMILES string of the molecule is CC(C)NCCCC[C@@H](NC(C)C)C(=O)N1CCN(C2=N[C@@H](C)[C@H](c3ccccc3)O2)C[C@H]1C(=O)NCc1cccc(Cl)c1. The van der Waals surface area contributed by atoms with Crippen LogP contribution in [-0.4, -0.2) is 84.0 Å². The van der Waals surface area contributed by atoms with Gasteiger partial charge in [-0.3, -0.25) is 9.59 Å². The number of halogens is 1. The van der Waals surface area contributed by atoms with E-state index in [1.807, 2.05) is 74.2 Å². The number of hydrogen-bond acceptors (Lipinski definition) is 7. The Bertz CT molecular complexity index is 1260. The van der Waals surface area contributed by atoms with E-state index in [9.17, 15) is 9.59 Å². The summed E-state index contributed by atoms with van der Waals surface area (Å²) in [6, 6.07) is 17.4. The number of unbranched alkanes of at least 4 members (excludes halogenated alkanes) is 1. The molecule has 0 spiro atoms. The monoisotopic (exact) mass is 624 g/mol. The lowest BCUT2D eigenvalue weighted by atomic mass is 10.0. The third-order valence-electron chi connectivity index (χ3n) is 8.01. The minimum absolute atomic E-state index is 0.0390. The molecule has 2 heterocycles. The maximum absolute atomic E-state index is 14.1. The average molecular weight is 625 g/mol. The highest BCUT2D eigenvalue weighted by Crippen LogP contribution is 2.30. The first kappa shape index (κ1) is 33.7. The van der Waals surface area contributed by atoms with Gasteiger partial charge in [0.25, 0.3) is 6.02 Å². The predicted octanol–water partition coefficient (Wildman–Crippen LogP) is 4.52. The number of nitrogens with zero attached hydrogens (tertiary/aromatic N) is 3. The minimum Gasteiger partial charge on any atom is -0.455 e. The molecule has 44 heavy (non-hydrogen) atoms. The molecular weight excluding hydrogens is 576 g/mol. The Labute approximate surface area is 267 Å². The molecule has 10 heteroatoms. The molecule has 9 nitrogen and oxygen atoms in total. The van der Waals surface area contributed by atoms with E-state index in [-0.39, 0.29) is 36.0 Å². The summed E-state index contributed by atoms with van der Waals surface area (Å²) in [5.41, 5.74) is 1.96. The zero-order valence-electron chi connectivity index (χ0n) is 26.8. The topological polar surface area (TPSA) is 98.3 Å². The molecule has 1 saturated heterocycles. The van der Waals surface area contributed by atoms with Crippen LogP contribution in [0.25, 0.3) is 0 Å². The lowest BCUT2D eigenvalue weighted by molar-refractivity contribution is -0.145. The van der Waals surface area contributed by atoms with Crippen molar-refractivity contribution in [1.82, 2.24) is 25.8 Å². The van der Waals surface area contributed by atoms with Crippen molar-refractivity contribution in [3.05, 3.63) is 70.7 Å². The van der Waals surface area contributed by atoms with Crippen LogP contribution in [-0.2, 0) is 20.9 Å². The van der Waals surface area contributed by atoms with Crippen LogP contribution in [0, 0.1) is 0 Å². The molecular formula is C34H49ClN6O3. The zero-order valence-corrected chi connectivity index (χ0v) is 27.5. The van der Waals surface area contributed by atoms with Gasteiger partial charge in [0, 0.05) is 36.7 Å². The Morgan fingerprint density at radius 2 is 1.80 bits per heavy atom. The van der Waals surface area contributed by atoms with Crippen LogP contribution in [0.3, 0.4) is 0 Å². The largest absolute Gasteiger partial charge is 0.455 e. The standard InChI is InChI=1S/C34H49ClN6O3/c1-23(2)36-17-10-9-16-29(38-24(3)4)33(43)41-19-18-40(34-39-25(5)31(44-34)27-13-7-6-8-14-27)22-30(41)32(42)37-21-26-12-11-15-28(35)20-26/h6-8,11-15,20,23-25,29-31,36,38H,9-10,16-19,21-22H2,1-5H3,(H,37,42)/t25-,29+,30-,31+/m0/s1. The first-order valence-electron chi connectivity index (χ1n) is 16.0. The summed E-state index contributed by atoms with van der Waals surface area (Å²) in [6.07, 6.45) is 2.41. The highest BCUT2D eigenvalue weighted by atomic mass is 35.5. The fourth-order valence-corrected chi connectivity index (χ4v) is 5.99. The van der Waals surface area contributed by atoms with Gasteiger partial charge in [0.05, 0.1) is 18.6 Å². The van der Waals surface area contributed by atoms with Gasteiger partial charge >= 0.3 is 0 Å². The van der Waals surface area contributed by atoms with Crippen molar-refractivity contribution >= 4 is 29.4 Å². The molecule has 1 fully saturated rings. The van der Waals surface area contributed by atoms with Gasteiger partial charge in [-0.2, -0.15) is 0 Å². The van der Waals surface area contributed by atoms with Gasteiger partial charge < -0.3 is 30.5 Å². The summed E-state index contributed by atoms with van der Waals surface area (Å²) < 4.78 is 6.37. The molecule has 0 unspecified atom stereocenters. The fraction of sp³-hybridized carbons (Fsp3) is 0.559. The maximum Gasteiger partial charge on any atom is 0.288 e. The fourth-order valence-electron chi connectivity index (χ4n) is 5.77. The molecule has 3 N–H and O–H groups in total. The second kappa shape index (κ2) is 16.3. The Morgan fingerprint density at radius 1 is 1.02 bits per heavy atom. The highest BCUT2D eigenvalue weighted by Gasteiger charge is 2.41. The Balaban J connectivity index is 1.49. The molecule has 0 aliphatic carbocycles. The first-order chi connectivity index (χ1) is 21.1. The van der Waals surface area contributed by atoms with Crippen LogP contribution in [0.1, 0.15) is 71.1 Å². The average Bonchev–Trinajstić information content (AvgIpc) is 3.40. The van der Waals surface area contributed by atoms with E-state index < -0.39 is 6.04 Å². The second-order valence-corrected chi connectivity index (χ2v) is 12.9. The van der Waals surface area contributed by atoms with Crippen molar-refractivity contribution in [2.75, 3.05) is 26.2 Å². The number of hydrogen-bond donors (Lipinski definition) is 3. The van der Waals surface area contributed by atoms with Gasteiger partial charge in [-0.15, -0.1) is 0 Å². The van der Waals surface area contributed by atoms with Crippen molar-refractivity contribution in [3.8, 4) is 0 Å². The molecule has 0 saturated carbocycles. The van der Waals surface area contributed by atoms with E-state index in [0.717, 1.165) is 30.5 Å². The summed E-state index contributed by atoms with van der Waals surface area (Å²) in [5.74, 6) is -0.249. The molecule has 0 bridgehead atoms. The molecule has 2 amide bonds. The van der Waals surface area contributed by atoms with E-state index in [1.54, 1.807) is 11.0 Å². The van der Waals surface area contributed by atoms with Crippen LogP contribution in [0.5, 0.6) is 0 Å². The number of carbonyl (C=O) groups is 2. The van der Waals surface area contributed by atoms with Gasteiger partial charge in [-0.1, -0.05) is 88.2 Å². The zero-order chi connectivity index (χ0) is 31.6. The molecule has 4 atom stereocenters. The van der Waals surface area contributed by atoms with Crippen LogP contribution >= 0.6 is 11.6 Å². The molecule has 0 radical (unpaired) electrons. The number of ether oxygens (including phenoxy) is 1. The molecule has 4 rings (SSSR count). The summed E-state index contributed by atoms with van der Waals surface area (Å²) in [6.45, 7) is 12.9. The van der Waals surface area contributed by atoms with E-state index in [1.165, 1.54) is 0 Å². The molecule has 2 aliphatic rings. The molecule has 2 aromatic carbocycles. The quantitative estimate of drug-likeness (QED) is 0.284. The smallest absolute Gasteiger partial charge is 0.288 e. The summed E-state index contributed by atoms with van der Waals surface area (Å²) >= 11 is 6.18. The van der Waals surface area contributed by atoms with Crippen LogP contribution in [0.2, 0.25) is 5.02 Å². The van der Waals surface area contributed by atoms with Gasteiger partial charge in [-0.05, 0) is 49.6 Å². The summed E-state index contributed by atoms with van der Waals surface area (Å²) in [4.78, 5) is 36.5. The van der Waals surface area contributed by atoms with E-state index in [2.05, 4.69) is 29.8 Å². The Hall–Kier alpha value is -3.14. The number of carbonyl (C=O) groups excluding carboxylic acids is 2. The summed E-state index contributed by atoms with van der Waals surface area (Å²) in [7, 11) is 0. The summed E-state index contributed by atoms with van der Waals surface area (Å²) in [5, 5.41) is 10.6. The normalized spacial score (nSPS) is 20.9. The third kappa shape index (κ3) is 9.43. The third-order valence-corrected chi connectivity index (χ3v) is 8.24. The number of piperazine rings is 1. The lowest BCUT2D eigenvalue weighted by Gasteiger charge is -2.42. The van der Waals surface area contributed by atoms with Gasteiger partial charge in [-0.25, -0.2) is 4.99 Å². The molecule has 240 valence electrons. The number of nitrogens with one attached hydrogen (secondary N) is 3. The van der Waals surface area contributed by atoms with Crippen molar-refractivity contribution in [3.63, 3.8) is 0 Å².